The molecule has 1 aliphatic carbocycles. The molecule has 2 aromatic rings. The molecule has 1 aliphatic rings. The first-order valence-electron chi connectivity index (χ1n) is 10.5. The van der Waals surface area contributed by atoms with Crippen LogP contribution < -0.4 is 4.98 Å². The second-order valence-corrected chi connectivity index (χ2v) is 20.3. The van der Waals surface area contributed by atoms with Crippen LogP contribution in [0.25, 0.3) is 16.0 Å². The van der Waals surface area contributed by atoms with Crippen LogP contribution in [-0.4, -0.2) is 48.9 Å². The van der Waals surface area contributed by atoms with Gasteiger partial charge < -0.3 is 0 Å². The van der Waals surface area contributed by atoms with E-state index in [9.17, 15) is 0 Å². The topological polar surface area (TPSA) is 18.5 Å². The van der Waals surface area contributed by atoms with Crippen molar-refractivity contribution < 1.29 is 17.8 Å². The molecule has 1 unspecified atom stereocenters. The fourth-order valence-corrected chi connectivity index (χ4v) is 15.3. The number of nitrogens with zero attached hydrogens (tertiary/aromatic N) is 2. The molecule has 3 nitrogen and oxygen atoms in total. The second-order valence-electron chi connectivity index (χ2n) is 10.1. The third kappa shape index (κ3) is 4.33. The molecule has 0 saturated heterocycles. The first-order valence-corrected chi connectivity index (χ1v) is 16.4. The van der Waals surface area contributed by atoms with Gasteiger partial charge in [-0.05, 0) is 0 Å². The first-order chi connectivity index (χ1) is 13.3. The van der Waals surface area contributed by atoms with Gasteiger partial charge in [0.2, 0.25) is 0 Å². The molecule has 0 bridgehead atoms. The Balaban J connectivity index is 2.33. The van der Waals surface area contributed by atoms with E-state index < -0.39 is 26.0 Å². The number of rotatable bonds is 5. The minimum atomic E-state index is -1.87. The van der Waals surface area contributed by atoms with Gasteiger partial charge in [0, 0.05) is 0 Å². The molecule has 159 valence electrons. The Morgan fingerprint density at radius 2 is 1.52 bits per heavy atom. The minimum absolute atomic E-state index is 0.105. The van der Waals surface area contributed by atoms with Crippen molar-refractivity contribution in [3.05, 3.63) is 53.1 Å². The summed E-state index contributed by atoms with van der Waals surface area (Å²) in [6, 6.07) is 13.7. The Morgan fingerprint density at radius 1 is 0.931 bits per heavy atom. The molecule has 0 heterocycles. The fraction of sp³-hybridized carbons (Fsp3) is 0.500. The van der Waals surface area contributed by atoms with E-state index in [4.69, 9.17) is 0 Å². The Bertz CT molecular complexity index is 933. The maximum absolute atomic E-state index is 4.06. The van der Waals surface area contributed by atoms with Gasteiger partial charge in [-0.1, -0.05) is 0 Å². The predicted octanol–water partition coefficient (Wildman–Crippen LogP) is 5.37. The van der Waals surface area contributed by atoms with Gasteiger partial charge in [-0.3, -0.25) is 0 Å². The molecule has 0 spiro atoms. The van der Waals surface area contributed by atoms with Crippen LogP contribution in [-0.2, 0) is 17.8 Å². The van der Waals surface area contributed by atoms with Crippen molar-refractivity contribution in [1.29, 1.82) is 0 Å². The van der Waals surface area contributed by atoms with Gasteiger partial charge in [-0.25, -0.2) is 0 Å². The van der Waals surface area contributed by atoms with Crippen LogP contribution >= 0.6 is 0 Å². The second kappa shape index (κ2) is 8.05. The van der Waals surface area contributed by atoms with E-state index in [0.29, 0.717) is 4.31 Å². The quantitative estimate of drug-likeness (QED) is 0.566. The average Bonchev–Trinajstić information content (AvgIpc) is 2.86. The van der Waals surface area contributed by atoms with Crippen LogP contribution in [0.15, 0.2) is 42.0 Å². The van der Waals surface area contributed by atoms with Crippen molar-refractivity contribution >= 4 is 24.2 Å². The monoisotopic (exact) mass is 494 g/mol. The van der Waals surface area contributed by atoms with Gasteiger partial charge in [0.25, 0.3) is 0 Å². The standard InChI is InChI=1S/C20H26NSi.2C2H6N.Mo/c1-14-13-16-12-11-15-9-7-8-10-17(15)18(16)19(14)22(5,6)21-20(2,3)4;2*1-3-2;/h7-13,21H,1-6H3;2*1-2H3;/q;2*-1;+2. The van der Waals surface area contributed by atoms with E-state index in [-0.39, 0.29) is 5.54 Å². The van der Waals surface area contributed by atoms with Gasteiger partial charge in [0.05, 0.1) is 0 Å². The molecule has 0 fully saturated rings. The zero-order valence-electron chi connectivity index (χ0n) is 19.8. The first kappa shape index (κ1) is 22.9. The van der Waals surface area contributed by atoms with Crippen LogP contribution in [0, 0.1) is 0 Å². The SMILES string of the molecule is CC1=C([Si](C)(C)NC(C)(C)C)c2c(ccc3ccccc23)[CH]1[Mo]([N](C)C)[N](C)C. The summed E-state index contributed by atoms with van der Waals surface area (Å²) in [6.07, 6.45) is 0. The fourth-order valence-electron chi connectivity index (χ4n) is 5.17. The van der Waals surface area contributed by atoms with E-state index in [1.165, 1.54) is 16.3 Å². The zero-order valence-corrected chi connectivity index (χ0v) is 22.9. The van der Waals surface area contributed by atoms with Crippen molar-refractivity contribution in [1.82, 2.24) is 11.9 Å². The van der Waals surface area contributed by atoms with Crippen LogP contribution in [0.4, 0.5) is 0 Å². The van der Waals surface area contributed by atoms with E-state index in [1.54, 1.807) is 16.3 Å². The molecule has 0 saturated carbocycles. The molecule has 0 amide bonds. The number of hydrogen-bond donors (Lipinski definition) is 1. The van der Waals surface area contributed by atoms with Gasteiger partial charge >= 0.3 is 186 Å². The van der Waals surface area contributed by atoms with Gasteiger partial charge in [-0.15, -0.1) is 0 Å². The van der Waals surface area contributed by atoms with Gasteiger partial charge in [-0.2, -0.15) is 0 Å². The molecular formula is C24H38MoN3Si. The molecule has 0 aliphatic heterocycles. The molecule has 29 heavy (non-hydrogen) atoms. The Morgan fingerprint density at radius 3 is 2.07 bits per heavy atom. The molecule has 5 heteroatoms. The third-order valence-electron chi connectivity index (χ3n) is 5.55. The zero-order chi connectivity index (χ0) is 21.7. The van der Waals surface area contributed by atoms with Crippen LogP contribution in [0.5, 0.6) is 0 Å². The van der Waals surface area contributed by atoms with E-state index in [0.717, 1.165) is 0 Å². The molecule has 0 aromatic heterocycles. The summed E-state index contributed by atoms with van der Waals surface area (Å²) in [5.41, 5.74) is 4.82. The summed E-state index contributed by atoms with van der Waals surface area (Å²) < 4.78 is 5.61. The van der Waals surface area contributed by atoms with E-state index in [2.05, 4.69) is 117 Å². The summed E-state index contributed by atoms with van der Waals surface area (Å²) in [4.78, 5) is 4.06. The van der Waals surface area contributed by atoms with E-state index in [1.807, 2.05) is 0 Å². The predicted molar refractivity (Wildman–Crippen MR) is 127 cm³/mol. The Labute approximate surface area is 185 Å². The number of benzene rings is 2. The normalized spacial score (nSPS) is 17.9. The summed E-state index contributed by atoms with van der Waals surface area (Å²) in [5, 5.41) is 4.42. The molecule has 3 rings (SSSR count). The molecule has 1 atom stereocenters. The molecular weight excluding hydrogens is 454 g/mol. The number of hydrogen-bond acceptors (Lipinski definition) is 3. The summed E-state index contributed by atoms with van der Waals surface area (Å²) in [5.74, 6) is 0. The third-order valence-corrected chi connectivity index (χ3v) is 15.0. The van der Waals surface area contributed by atoms with Crippen molar-refractivity contribution in [3.8, 4) is 0 Å². The van der Waals surface area contributed by atoms with Crippen molar-refractivity contribution in [2.24, 2.45) is 0 Å². The molecule has 2 aromatic carbocycles. The number of fused-ring (bicyclic) bond motifs is 3. The summed E-state index contributed by atoms with van der Waals surface area (Å²) in [7, 11) is 7.23. The van der Waals surface area contributed by atoms with Crippen LogP contribution in [0.1, 0.15) is 43.1 Å². The van der Waals surface area contributed by atoms with Crippen LogP contribution in [0.3, 0.4) is 0 Å². The van der Waals surface area contributed by atoms with Crippen molar-refractivity contribution in [2.45, 2.75) is 50.6 Å². The summed E-state index contributed by atoms with van der Waals surface area (Å²) >= 11 is -1.75. The maximum atomic E-state index is 4.06. The molecule has 1 N–H and O–H groups in total. The van der Waals surface area contributed by atoms with Crippen LogP contribution in [0.2, 0.25) is 13.1 Å². The number of nitrogens with one attached hydrogen (secondary N) is 1. The van der Waals surface area contributed by atoms with E-state index >= 15 is 0 Å². The van der Waals surface area contributed by atoms with Gasteiger partial charge in [0.15, 0.2) is 0 Å². The average molecular weight is 493 g/mol. The summed E-state index contributed by atoms with van der Waals surface area (Å²) in [6.45, 7) is 14.3. The molecule has 0 radical (unpaired) electrons. The van der Waals surface area contributed by atoms with Crippen molar-refractivity contribution in [3.63, 3.8) is 0 Å². The Kier molecular flexibility index (Phi) is 6.36. The van der Waals surface area contributed by atoms with Gasteiger partial charge in [0.1, 0.15) is 0 Å². The Hall–Kier alpha value is -0.775. The number of allylic oxidation sites excluding steroid dienone is 1. The van der Waals surface area contributed by atoms with Crippen molar-refractivity contribution in [2.75, 3.05) is 28.2 Å².